The minimum atomic E-state index is -0.749. The highest BCUT2D eigenvalue weighted by Gasteiger charge is 2.51. The normalized spacial score (nSPS) is 28.6. The maximum Gasteiger partial charge on any atom is 0.335 e. The quantitative estimate of drug-likeness (QED) is 0.537. The second-order valence-electron chi connectivity index (χ2n) is 9.55. The molecule has 4 fully saturated rings. The molecule has 4 bridgehead atoms. The van der Waals surface area contributed by atoms with Crippen LogP contribution in [0.2, 0.25) is 0 Å². The van der Waals surface area contributed by atoms with Crippen LogP contribution in [-0.4, -0.2) is 41.5 Å². The highest BCUT2D eigenvalue weighted by molar-refractivity contribution is 5.83. The molecule has 0 atom stereocenters. The Bertz CT molecular complexity index is 1270. The van der Waals surface area contributed by atoms with Crippen molar-refractivity contribution in [1.29, 1.82) is 0 Å². The summed E-state index contributed by atoms with van der Waals surface area (Å²) in [5.74, 6) is 2.03. The van der Waals surface area contributed by atoms with E-state index >= 15 is 0 Å². The van der Waals surface area contributed by atoms with Gasteiger partial charge in [-0.15, -0.1) is 5.10 Å². The molecule has 0 saturated heterocycles. The summed E-state index contributed by atoms with van der Waals surface area (Å²) in [6, 6.07) is 7.83. The fourth-order valence-electron chi connectivity index (χ4n) is 6.66. The molecule has 4 saturated carbocycles. The Hall–Kier alpha value is -3.56. The monoisotopic (exact) mass is 433 g/mol. The Morgan fingerprint density at radius 2 is 1.72 bits per heavy atom. The highest BCUT2D eigenvalue weighted by atomic mass is 16.3. The molecule has 0 radical (unpaired) electrons. The van der Waals surface area contributed by atoms with Crippen LogP contribution in [0.5, 0.6) is 5.88 Å². The number of H-pyrrole nitrogens is 2. The molecule has 2 aromatic heterocycles. The Kier molecular flexibility index (Phi) is 4.17. The number of aromatic amines is 2. The van der Waals surface area contributed by atoms with Crippen molar-refractivity contribution in [3.63, 3.8) is 0 Å². The molecule has 7 rings (SSSR count). The smallest absolute Gasteiger partial charge is 0.335 e. The SMILES string of the molecule is O=c1[nH]c(=O)n(-c2ccc(C34CC5CC(CC(C5)C3)C4)cc2)c(O)c1C=Nc1nn[nH]n1. The number of benzene rings is 1. The summed E-state index contributed by atoms with van der Waals surface area (Å²) in [6.45, 7) is 0. The van der Waals surface area contributed by atoms with Crippen molar-refractivity contribution < 1.29 is 5.11 Å². The molecule has 4 aliphatic rings. The molecule has 3 N–H and O–H groups in total. The van der Waals surface area contributed by atoms with Gasteiger partial charge in [0.05, 0.1) is 5.69 Å². The van der Waals surface area contributed by atoms with Crippen molar-refractivity contribution in [2.24, 2.45) is 22.7 Å². The number of hydrogen-bond donors (Lipinski definition) is 3. The molecule has 0 amide bonds. The summed E-state index contributed by atoms with van der Waals surface area (Å²) >= 11 is 0. The molecule has 164 valence electrons. The molecule has 2 heterocycles. The van der Waals surface area contributed by atoms with Gasteiger partial charge in [0.2, 0.25) is 5.88 Å². The van der Waals surface area contributed by atoms with Gasteiger partial charge in [0.15, 0.2) is 0 Å². The molecular weight excluding hydrogens is 410 g/mol. The third kappa shape index (κ3) is 3.01. The van der Waals surface area contributed by atoms with Crippen molar-refractivity contribution in [3.8, 4) is 11.6 Å². The lowest BCUT2D eigenvalue weighted by Crippen LogP contribution is -2.48. The molecule has 3 aromatic rings. The zero-order valence-electron chi connectivity index (χ0n) is 17.4. The average Bonchev–Trinajstić information content (AvgIpc) is 3.26. The predicted molar refractivity (Wildman–Crippen MR) is 116 cm³/mol. The van der Waals surface area contributed by atoms with E-state index in [-0.39, 0.29) is 16.9 Å². The first-order valence-electron chi connectivity index (χ1n) is 11.0. The van der Waals surface area contributed by atoms with Crippen LogP contribution in [0.4, 0.5) is 5.95 Å². The average molecular weight is 433 g/mol. The van der Waals surface area contributed by atoms with E-state index in [4.69, 9.17) is 0 Å². The number of aromatic hydroxyl groups is 1. The van der Waals surface area contributed by atoms with Crippen molar-refractivity contribution >= 4 is 12.2 Å². The van der Waals surface area contributed by atoms with E-state index in [1.165, 1.54) is 44.1 Å². The summed E-state index contributed by atoms with van der Waals surface area (Å²) in [4.78, 5) is 30.9. The van der Waals surface area contributed by atoms with Crippen LogP contribution in [0, 0.1) is 17.8 Å². The molecule has 4 aliphatic carbocycles. The van der Waals surface area contributed by atoms with Crippen LogP contribution in [0.3, 0.4) is 0 Å². The molecule has 0 spiro atoms. The Balaban J connectivity index is 1.36. The number of tetrazole rings is 1. The van der Waals surface area contributed by atoms with Gasteiger partial charge in [-0.1, -0.05) is 17.2 Å². The standard InChI is InChI=1S/C22H23N7O3/c30-18-17(11-23-20-25-27-28-26-20)19(31)29(21(32)24-18)16-3-1-15(2-4-16)22-8-12-5-13(9-22)7-14(6-12)10-22/h1-4,11-14,31H,5-10H2,(H,24,30,32)(H,25,26,27,28). The molecule has 32 heavy (non-hydrogen) atoms. The van der Waals surface area contributed by atoms with E-state index < -0.39 is 17.1 Å². The number of aromatic nitrogens is 6. The Morgan fingerprint density at radius 1 is 1.06 bits per heavy atom. The maximum absolute atomic E-state index is 12.5. The summed E-state index contributed by atoms with van der Waals surface area (Å²) in [6.07, 6.45) is 9.00. The van der Waals surface area contributed by atoms with Crippen LogP contribution in [0.15, 0.2) is 38.8 Å². The number of aliphatic imine (C=N–C) groups is 1. The molecule has 10 heteroatoms. The Morgan fingerprint density at radius 3 is 2.31 bits per heavy atom. The fourth-order valence-corrected chi connectivity index (χ4v) is 6.66. The second-order valence-corrected chi connectivity index (χ2v) is 9.55. The van der Waals surface area contributed by atoms with Gasteiger partial charge in [0, 0.05) is 6.21 Å². The maximum atomic E-state index is 12.5. The van der Waals surface area contributed by atoms with E-state index in [0.29, 0.717) is 5.69 Å². The van der Waals surface area contributed by atoms with Gasteiger partial charge >= 0.3 is 5.69 Å². The first-order chi connectivity index (χ1) is 15.5. The first-order valence-corrected chi connectivity index (χ1v) is 11.0. The fraction of sp³-hybridized carbons (Fsp3) is 0.455. The largest absolute Gasteiger partial charge is 0.493 e. The van der Waals surface area contributed by atoms with Crippen LogP contribution in [0.25, 0.3) is 5.69 Å². The van der Waals surface area contributed by atoms with E-state index in [2.05, 4.69) is 42.7 Å². The lowest BCUT2D eigenvalue weighted by Gasteiger charge is -2.57. The minimum absolute atomic E-state index is 0.00137. The van der Waals surface area contributed by atoms with Crippen LogP contribution in [-0.2, 0) is 5.41 Å². The van der Waals surface area contributed by atoms with Gasteiger partial charge in [-0.25, -0.2) is 14.4 Å². The van der Waals surface area contributed by atoms with Gasteiger partial charge in [0.1, 0.15) is 5.56 Å². The highest BCUT2D eigenvalue weighted by Crippen LogP contribution is 2.60. The number of nitrogens with zero attached hydrogens (tertiary/aromatic N) is 5. The number of rotatable bonds is 4. The van der Waals surface area contributed by atoms with Crippen molar-refractivity contribution in [2.45, 2.75) is 43.9 Å². The zero-order chi connectivity index (χ0) is 21.9. The molecule has 1 aromatic carbocycles. The van der Waals surface area contributed by atoms with Gasteiger partial charge in [-0.05, 0) is 84.6 Å². The third-order valence-electron chi connectivity index (χ3n) is 7.54. The third-order valence-corrected chi connectivity index (χ3v) is 7.54. The van der Waals surface area contributed by atoms with Gasteiger partial charge < -0.3 is 5.11 Å². The van der Waals surface area contributed by atoms with Crippen LogP contribution >= 0.6 is 0 Å². The van der Waals surface area contributed by atoms with E-state index in [1.807, 2.05) is 12.1 Å². The summed E-state index contributed by atoms with van der Waals surface area (Å²) in [5, 5.41) is 23.7. The van der Waals surface area contributed by atoms with Gasteiger partial charge in [0.25, 0.3) is 11.5 Å². The molecular formula is C22H23N7O3. The summed E-state index contributed by atoms with van der Waals surface area (Å²) in [7, 11) is 0. The Labute approximate surface area is 182 Å². The van der Waals surface area contributed by atoms with E-state index in [0.717, 1.165) is 28.5 Å². The zero-order valence-corrected chi connectivity index (χ0v) is 17.4. The molecule has 0 unspecified atom stereocenters. The lowest BCUT2D eigenvalue weighted by molar-refractivity contribution is -0.00518. The predicted octanol–water partition coefficient (Wildman–Crippen LogP) is 1.96. The summed E-state index contributed by atoms with van der Waals surface area (Å²) < 4.78 is 1.07. The number of nitrogens with one attached hydrogen (secondary N) is 2. The van der Waals surface area contributed by atoms with Gasteiger partial charge in [-0.3, -0.25) is 9.78 Å². The van der Waals surface area contributed by atoms with Crippen LogP contribution < -0.4 is 11.2 Å². The lowest BCUT2D eigenvalue weighted by atomic mass is 9.48. The molecule has 10 nitrogen and oxygen atoms in total. The first kappa shape index (κ1) is 19.1. The van der Waals surface area contributed by atoms with Crippen molar-refractivity contribution in [2.75, 3.05) is 0 Å². The topological polar surface area (TPSA) is 142 Å². The van der Waals surface area contributed by atoms with E-state index in [9.17, 15) is 14.7 Å². The van der Waals surface area contributed by atoms with E-state index in [1.54, 1.807) is 0 Å². The van der Waals surface area contributed by atoms with Crippen LogP contribution in [0.1, 0.15) is 49.7 Å². The molecule has 0 aliphatic heterocycles. The number of hydrogen-bond acceptors (Lipinski definition) is 7. The summed E-state index contributed by atoms with van der Waals surface area (Å²) in [5.41, 5.74) is 0.406. The van der Waals surface area contributed by atoms with Crippen molar-refractivity contribution in [3.05, 3.63) is 56.2 Å². The second kappa shape index (κ2) is 6.98. The van der Waals surface area contributed by atoms with Gasteiger partial charge in [-0.2, -0.15) is 5.21 Å². The minimum Gasteiger partial charge on any atom is -0.493 e. The van der Waals surface area contributed by atoms with Crippen molar-refractivity contribution in [1.82, 2.24) is 30.2 Å².